The highest BCUT2D eigenvalue weighted by Crippen LogP contribution is 2.09. The Morgan fingerprint density at radius 3 is 2.93 bits per heavy atom. The molecule has 1 fully saturated rings. The van der Waals surface area contributed by atoms with Crippen molar-refractivity contribution in [2.45, 2.75) is 32.7 Å². The van der Waals surface area contributed by atoms with Crippen LogP contribution in [-0.4, -0.2) is 50.7 Å². The number of rotatable bonds is 6. The summed E-state index contributed by atoms with van der Waals surface area (Å²) in [6.45, 7) is 10.6. The molecule has 3 heteroatoms. The molecule has 1 saturated heterocycles. The van der Waals surface area contributed by atoms with Gasteiger partial charge < -0.3 is 15.5 Å². The zero-order valence-electron chi connectivity index (χ0n) is 10.6. The molecule has 3 nitrogen and oxygen atoms in total. The van der Waals surface area contributed by atoms with Crippen LogP contribution in [0.1, 0.15) is 26.7 Å². The Hall–Kier alpha value is -0.120. The number of hydrogen-bond donors (Lipinski definition) is 2. The molecular weight excluding hydrogens is 186 g/mol. The summed E-state index contributed by atoms with van der Waals surface area (Å²) in [6, 6.07) is 0.716. The van der Waals surface area contributed by atoms with E-state index in [1.165, 1.54) is 32.5 Å². The van der Waals surface area contributed by atoms with Crippen molar-refractivity contribution in [2.24, 2.45) is 5.92 Å². The van der Waals surface area contributed by atoms with Gasteiger partial charge in [-0.3, -0.25) is 0 Å². The Morgan fingerprint density at radius 2 is 2.27 bits per heavy atom. The Balaban J connectivity index is 2.17. The number of nitrogens with zero attached hydrogens (tertiary/aromatic N) is 1. The first kappa shape index (κ1) is 12.9. The number of nitrogens with one attached hydrogen (secondary N) is 2. The second-order valence-corrected chi connectivity index (χ2v) is 5.04. The van der Waals surface area contributed by atoms with Gasteiger partial charge in [0, 0.05) is 25.7 Å². The van der Waals surface area contributed by atoms with Crippen LogP contribution in [0.5, 0.6) is 0 Å². The fourth-order valence-electron chi connectivity index (χ4n) is 2.30. The first-order valence-electron chi connectivity index (χ1n) is 6.32. The van der Waals surface area contributed by atoms with Crippen LogP contribution in [0.25, 0.3) is 0 Å². The summed E-state index contributed by atoms with van der Waals surface area (Å²) < 4.78 is 0. The van der Waals surface area contributed by atoms with E-state index in [4.69, 9.17) is 0 Å². The van der Waals surface area contributed by atoms with E-state index in [1.54, 1.807) is 0 Å². The third kappa shape index (κ3) is 5.50. The van der Waals surface area contributed by atoms with Gasteiger partial charge in [-0.25, -0.2) is 0 Å². The topological polar surface area (TPSA) is 27.3 Å². The molecule has 0 aromatic heterocycles. The number of piperazine rings is 1. The fraction of sp³-hybridized carbons (Fsp3) is 1.00. The van der Waals surface area contributed by atoms with Crippen LogP contribution in [0, 0.1) is 5.92 Å². The van der Waals surface area contributed by atoms with Crippen molar-refractivity contribution < 1.29 is 0 Å². The second kappa shape index (κ2) is 7.20. The standard InChI is InChI=1S/C12H27N3/c1-11(2)9-12-10-15(8-6-14-12)7-4-5-13-3/h11-14H,4-10H2,1-3H3. The second-order valence-electron chi connectivity index (χ2n) is 5.04. The van der Waals surface area contributed by atoms with Crippen LogP contribution in [-0.2, 0) is 0 Å². The molecule has 1 rings (SSSR count). The van der Waals surface area contributed by atoms with E-state index >= 15 is 0 Å². The molecule has 0 aliphatic carbocycles. The van der Waals surface area contributed by atoms with E-state index in [2.05, 4.69) is 29.4 Å². The van der Waals surface area contributed by atoms with E-state index < -0.39 is 0 Å². The average Bonchev–Trinajstić information content (AvgIpc) is 2.18. The van der Waals surface area contributed by atoms with Crippen molar-refractivity contribution in [1.82, 2.24) is 15.5 Å². The van der Waals surface area contributed by atoms with E-state index in [0.29, 0.717) is 6.04 Å². The van der Waals surface area contributed by atoms with Gasteiger partial charge in [0.1, 0.15) is 0 Å². The maximum absolute atomic E-state index is 3.61. The highest BCUT2D eigenvalue weighted by Gasteiger charge is 2.19. The molecule has 0 saturated carbocycles. The van der Waals surface area contributed by atoms with Crippen molar-refractivity contribution in [3.05, 3.63) is 0 Å². The van der Waals surface area contributed by atoms with Crippen molar-refractivity contribution >= 4 is 0 Å². The van der Waals surface area contributed by atoms with E-state index in [9.17, 15) is 0 Å². The summed E-state index contributed by atoms with van der Waals surface area (Å²) in [7, 11) is 2.03. The third-order valence-electron chi connectivity index (χ3n) is 3.00. The molecule has 0 radical (unpaired) electrons. The van der Waals surface area contributed by atoms with Crippen LogP contribution in [0.3, 0.4) is 0 Å². The molecule has 0 bridgehead atoms. The third-order valence-corrected chi connectivity index (χ3v) is 3.00. The Labute approximate surface area is 94.6 Å². The molecule has 2 N–H and O–H groups in total. The summed E-state index contributed by atoms with van der Waals surface area (Å²) >= 11 is 0. The van der Waals surface area contributed by atoms with Gasteiger partial charge >= 0.3 is 0 Å². The molecule has 1 heterocycles. The lowest BCUT2D eigenvalue weighted by molar-refractivity contribution is 0.185. The molecule has 1 unspecified atom stereocenters. The van der Waals surface area contributed by atoms with E-state index in [-0.39, 0.29) is 0 Å². The normalized spacial score (nSPS) is 23.6. The van der Waals surface area contributed by atoms with Gasteiger partial charge in [-0.1, -0.05) is 13.8 Å². The van der Waals surface area contributed by atoms with Crippen molar-refractivity contribution in [2.75, 3.05) is 39.8 Å². The van der Waals surface area contributed by atoms with Gasteiger partial charge in [-0.05, 0) is 38.9 Å². The van der Waals surface area contributed by atoms with Crippen LogP contribution in [0.15, 0.2) is 0 Å². The van der Waals surface area contributed by atoms with E-state index in [0.717, 1.165) is 19.0 Å². The zero-order valence-corrected chi connectivity index (χ0v) is 10.6. The van der Waals surface area contributed by atoms with Crippen molar-refractivity contribution in [3.8, 4) is 0 Å². The summed E-state index contributed by atoms with van der Waals surface area (Å²) in [5.74, 6) is 0.805. The van der Waals surface area contributed by atoms with Gasteiger partial charge in [-0.2, -0.15) is 0 Å². The maximum atomic E-state index is 3.61. The molecule has 1 atom stereocenters. The minimum atomic E-state index is 0.716. The molecule has 15 heavy (non-hydrogen) atoms. The van der Waals surface area contributed by atoms with Crippen LogP contribution in [0.4, 0.5) is 0 Å². The SMILES string of the molecule is CNCCCN1CCNC(CC(C)C)C1. The van der Waals surface area contributed by atoms with Gasteiger partial charge in [-0.15, -0.1) is 0 Å². The molecule has 0 amide bonds. The van der Waals surface area contributed by atoms with Gasteiger partial charge in [0.05, 0.1) is 0 Å². The highest BCUT2D eigenvalue weighted by molar-refractivity contribution is 4.79. The van der Waals surface area contributed by atoms with Gasteiger partial charge in [0.2, 0.25) is 0 Å². The lowest BCUT2D eigenvalue weighted by Crippen LogP contribution is -2.51. The lowest BCUT2D eigenvalue weighted by atomic mass is 10.0. The molecule has 0 spiro atoms. The largest absolute Gasteiger partial charge is 0.320 e. The predicted molar refractivity (Wildman–Crippen MR) is 66.2 cm³/mol. The molecule has 0 aromatic rings. The Morgan fingerprint density at radius 1 is 1.47 bits per heavy atom. The summed E-state index contributed by atoms with van der Waals surface area (Å²) in [5, 5.41) is 6.82. The molecule has 0 aromatic carbocycles. The summed E-state index contributed by atoms with van der Waals surface area (Å²) in [4.78, 5) is 2.60. The summed E-state index contributed by atoms with van der Waals surface area (Å²) in [6.07, 6.45) is 2.58. The Kier molecular flexibility index (Phi) is 6.22. The quantitative estimate of drug-likeness (QED) is 0.642. The zero-order chi connectivity index (χ0) is 11.1. The minimum absolute atomic E-state index is 0.716. The van der Waals surface area contributed by atoms with Crippen LogP contribution in [0.2, 0.25) is 0 Å². The minimum Gasteiger partial charge on any atom is -0.320 e. The maximum Gasteiger partial charge on any atom is 0.0197 e. The highest BCUT2D eigenvalue weighted by atomic mass is 15.2. The molecular formula is C12H27N3. The first-order chi connectivity index (χ1) is 7.22. The van der Waals surface area contributed by atoms with Gasteiger partial charge in [0.15, 0.2) is 0 Å². The van der Waals surface area contributed by atoms with E-state index in [1.807, 2.05) is 7.05 Å². The number of hydrogen-bond acceptors (Lipinski definition) is 3. The average molecular weight is 213 g/mol. The lowest BCUT2D eigenvalue weighted by Gasteiger charge is -2.34. The fourth-order valence-corrected chi connectivity index (χ4v) is 2.30. The van der Waals surface area contributed by atoms with Crippen molar-refractivity contribution in [3.63, 3.8) is 0 Å². The smallest absolute Gasteiger partial charge is 0.0197 e. The summed E-state index contributed by atoms with van der Waals surface area (Å²) in [5.41, 5.74) is 0. The first-order valence-corrected chi connectivity index (χ1v) is 6.32. The Bertz CT molecular complexity index is 159. The molecule has 1 aliphatic heterocycles. The van der Waals surface area contributed by atoms with Gasteiger partial charge in [0.25, 0.3) is 0 Å². The molecule has 90 valence electrons. The molecule has 1 aliphatic rings. The van der Waals surface area contributed by atoms with Crippen molar-refractivity contribution in [1.29, 1.82) is 0 Å². The van der Waals surface area contributed by atoms with Crippen LogP contribution >= 0.6 is 0 Å². The predicted octanol–water partition coefficient (Wildman–Crippen LogP) is 0.916. The van der Waals surface area contributed by atoms with Crippen LogP contribution < -0.4 is 10.6 Å². The monoisotopic (exact) mass is 213 g/mol.